The van der Waals surface area contributed by atoms with Gasteiger partial charge in [0.25, 0.3) is 0 Å². The van der Waals surface area contributed by atoms with E-state index in [0.29, 0.717) is 13.1 Å². The van der Waals surface area contributed by atoms with Crippen molar-refractivity contribution in [1.29, 1.82) is 0 Å². The molecule has 0 spiro atoms. The second kappa shape index (κ2) is 3.28. The zero-order chi connectivity index (χ0) is 11.2. The maximum absolute atomic E-state index is 11.4. The number of hydrogen-bond donors (Lipinski definition) is 0. The first-order valence-electron chi connectivity index (χ1n) is 4.79. The average Bonchev–Trinajstić information content (AvgIpc) is 2.47. The minimum atomic E-state index is -3.10. The van der Waals surface area contributed by atoms with Gasteiger partial charge in [0.1, 0.15) is 0 Å². The van der Waals surface area contributed by atoms with E-state index >= 15 is 0 Å². The topological polar surface area (TPSA) is 50.3 Å². The normalized spacial score (nSPS) is 16.7. The molecule has 0 unspecified atom stereocenters. The van der Waals surface area contributed by atoms with Crippen molar-refractivity contribution < 1.29 is 8.42 Å². The molecule has 1 aromatic rings. The van der Waals surface area contributed by atoms with E-state index in [1.807, 2.05) is 19.9 Å². The summed E-state index contributed by atoms with van der Waals surface area (Å²) in [5.74, 6) is 0. The lowest BCUT2D eigenvalue weighted by atomic mass is 10.1. The van der Waals surface area contributed by atoms with Crippen molar-refractivity contribution in [3.63, 3.8) is 0 Å². The fourth-order valence-electron chi connectivity index (χ4n) is 1.73. The standard InChI is InChI=1S/C10H14N2O2S/c1-7-4-9-5-12(15(3,13)14)6-10(9)11-8(7)2/h4H,5-6H2,1-3H3. The Balaban J connectivity index is 2.40. The summed E-state index contributed by atoms with van der Waals surface area (Å²) in [6, 6.07) is 2.03. The molecule has 0 atom stereocenters. The highest BCUT2D eigenvalue weighted by Gasteiger charge is 2.27. The summed E-state index contributed by atoms with van der Waals surface area (Å²) in [6.07, 6.45) is 1.23. The third kappa shape index (κ3) is 1.89. The molecule has 82 valence electrons. The number of aromatic nitrogens is 1. The largest absolute Gasteiger partial charge is 0.256 e. The fourth-order valence-corrected chi connectivity index (χ4v) is 2.46. The van der Waals surface area contributed by atoms with Crippen molar-refractivity contribution >= 4 is 10.0 Å². The molecule has 1 aromatic heterocycles. The number of fused-ring (bicyclic) bond motifs is 1. The van der Waals surface area contributed by atoms with E-state index in [4.69, 9.17) is 0 Å². The van der Waals surface area contributed by atoms with Gasteiger partial charge in [-0.1, -0.05) is 6.07 Å². The van der Waals surface area contributed by atoms with Crippen LogP contribution in [0, 0.1) is 13.8 Å². The van der Waals surface area contributed by atoms with Crippen LogP contribution in [0.2, 0.25) is 0 Å². The van der Waals surface area contributed by atoms with Crippen LogP contribution in [0.1, 0.15) is 22.5 Å². The van der Waals surface area contributed by atoms with E-state index in [-0.39, 0.29) is 0 Å². The third-order valence-corrected chi connectivity index (χ3v) is 3.97. The van der Waals surface area contributed by atoms with Crippen molar-refractivity contribution in [2.75, 3.05) is 6.26 Å². The first kappa shape index (κ1) is 10.6. The number of nitrogens with zero attached hydrogens (tertiary/aromatic N) is 2. The second-order valence-corrected chi connectivity index (χ2v) is 6.01. The van der Waals surface area contributed by atoms with E-state index in [2.05, 4.69) is 4.98 Å². The molecule has 0 N–H and O–H groups in total. The highest BCUT2D eigenvalue weighted by molar-refractivity contribution is 7.88. The predicted molar refractivity (Wildman–Crippen MR) is 57.8 cm³/mol. The van der Waals surface area contributed by atoms with E-state index in [1.165, 1.54) is 10.6 Å². The van der Waals surface area contributed by atoms with Crippen LogP contribution in [-0.2, 0) is 23.1 Å². The van der Waals surface area contributed by atoms with Gasteiger partial charge in [-0.3, -0.25) is 4.98 Å². The van der Waals surface area contributed by atoms with Gasteiger partial charge in [0.15, 0.2) is 0 Å². The van der Waals surface area contributed by atoms with Gasteiger partial charge >= 0.3 is 0 Å². The maximum Gasteiger partial charge on any atom is 0.211 e. The molecule has 0 radical (unpaired) electrons. The monoisotopic (exact) mass is 226 g/mol. The molecule has 4 nitrogen and oxygen atoms in total. The molecule has 0 saturated heterocycles. The van der Waals surface area contributed by atoms with Gasteiger partial charge in [0.2, 0.25) is 10.0 Å². The Morgan fingerprint density at radius 2 is 2.00 bits per heavy atom. The lowest BCUT2D eigenvalue weighted by molar-refractivity contribution is 0.434. The molecular formula is C10H14N2O2S. The average molecular weight is 226 g/mol. The van der Waals surface area contributed by atoms with Crippen LogP contribution < -0.4 is 0 Å². The molecule has 0 saturated carbocycles. The lowest BCUT2D eigenvalue weighted by Crippen LogP contribution is -2.23. The molecule has 5 heteroatoms. The van der Waals surface area contributed by atoms with Gasteiger partial charge in [-0.15, -0.1) is 0 Å². The van der Waals surface area contributed by atoms with E-state index < -0.39 is 10.0 Å². The van der Waals surface area contributed by atoms with E-state index in [1.54, 1.807) is 0 Å². The molecule has 0 amide bonds. The van der Waals surface area contributed by atoms with Crippen molar-refractivity contribution in [2.24, 2.45) is 0 Å². The summed E-state index contributed by atoms with van der Waals surface area (Å²) in [5.41, 5.74) is 4.01. The molecule has 2 rings (SSSR count). The highest BCUT2D eigenvalue weighted by atomic mass is 32.2. The molecule has 0 aliphatic carbocycles. The minimum Gasteiger partial charge on any atom is -0.256 e. The van der Waals surface area contributed by atoms with Crippen molar-refractivity contribution in [1.82, 2.24) is 9.29 Å². The van der Waals surface area contributed by atoms with Crippen LogP contribution in [0.3, 0.4) is 0 Å². The van der Waals surface area contributed by atoms with E-state index in [0.717, 1.165) is 22.5 Å². The fraction of sp³-hybridized carbons (Fsp3) is 0.500. The molecule has 1 aliphatic heterocycles. The number of hydrogen-bond acceptors (Lipinski definition) is 3. The summed E-state index contributed by atoms with van der Waals surface area (Å²) in [7, 11) is -3.10. The van der Waals surface area contributed by atoms with Crippen molar-refractivity contribution in [2.45, 2.75) is 26.9 Å². The Labute approximate surface area is 90.0 Å². The number of pyridine rings is 1. The first-order valence-corrected chi connectivity index (χ1v) is 6.64. The quantitative estimate of drug-likeness (QED) is 0.717. The van der Waals surface area contributed by atoms with Crippen LogP contribution >= 0.6 is 0 Å². The highest BCUT2D eigenvalue weighted by Crippen LogP contribution is 2.24. The molecule has 2 heterocycles. The molecule has 0 aromatic carbocycles. The van der Waals surface area contributed by atoms with Gasteiger partial charge in [0, 0.05) is 12.2 Å². The predicted octanol–water partition coefficient (Wildman–Crippen LogP) is 0.974. The smallest absolute Gasteiger partial charge is 0.211 e. The number of aryl methyl sites for hydroxylation is 2. The summed E-state index contributed by atoms with van der Waals surface area (Å²) < 4.78 is 24.2. The summed E-state index contributed by atoms with van der Waals surface area (Å²) in [4.78, 5) is 4.41. The Hall–Kier alpha value is -0.940. The van der Waals surface area contributed by atoms with Crippen LogP contribution in [0.5, 0.6) is 0 Å². The molecule has 0 fully saturated rings. The summed E-state index contributed by atoms with van der Waals surface area (Å²) in [6.45, 7) is 4.81. The van der Waals surface area contributed by atoms with Crippen LogP contribution in [0.25, 0.3) is 0 Å². The maximum atomic E-state index is 11.4. The third-order valence-electron chi connectivity index (χ3n) is 2.78. The van der Waals surface area contributed by atoms with Gasteiger partial charge in [-0.05, 0) is 25.0 Å². The minimum absolute atomic E-state index is 0.412. The second-order valence-electron chi connectivity index (χ2n) is 4.03. The molecule has 1 aliphatic rings. The van der Waals surface area contributed by atoms with Crippen LogP contribution in [-0.4, -0.2) is 24.0 Å². The lowest BCUT2D eigenvalue weighted by Gasteiger charge is -2.10. The summed E-state index contributed by atoms with van der Waals surface area (Å²) in [5, 5.41) is 0. The zero-order valence-corrected chi connectivity index (χ0v) is 9.93. The van der Waals surface area contributed by atoms with Gasteiger partial charge in [-0.25, -0.2) is 8.42 Å². The summed E-state index contributed by atoms with van der Waals surface area (Å²) >= 11 is 0. The number of rotatable bonds is 1. The SMILES string of the molecule is Cc1cc2c(nc1C)CN(S(C)(=O)=O)C2. The van der Waals surface area contributed by atoms with Gasteiger partial charge in [0.05, 0.1) is 18.5 Å². The number of sulfonamides is 1. The Kier molecular flexibility index (Phi) is 2.31. The molecule has 0 bridgehead atoms. The molecular weight excluding hydrogens is 212 g/mol. The Bertz CT molecular complexity index is 477. The zero-order valence-electron chi connectivity index (χ0n) is 9.11. The molecule has 15 heavy (non-hydrogen) atoms. The Morgan fingerprint density at radius 1 is 1.33 bits per heavy atom. The first-order chi connectivity index (χ1) is 6.88. The van der Waals surface area contributed by atoms with Crippen molar-refractivity contribution in [3.8, 4) is 0 Å². The van der Waals surface area contributed by atoms with Gasteiger partial charge in [-0.2, -0.15) is 4.31 Å². The van der Waals surface area contributed by atoms with E-state index in [9.17, 15) is 8.42 Å². The van der Waals surface area contributed by atoms with Crippen molar-refractivity contribution in [3.05, 3.63) is 28.6 Å². The van der Waals surface area contributed by atoms with Crippen LogP contribution in [0.15, 0.2) is 6.07 Å². The Morgan fingerprint density at radius 3 is 2.60 bits per heavy atom. The van der Waals surface area contributed by atoms with Gasteiger partial charge < -0.3 is 0 Å². The van der Waals surface area contributed by atoms with Crippen LogP contribution in [0.4, 0.5) is 0 Å².